The van der Waals surface area contributed by atoms with E-state index in [0.29, 0.717) is 23.3 Å². The van der Waals surface area contributed by atoms with Crippen LogP contribution in [0.15, 0.2) is 35.0 Å². The summed E-state index contributed by atoms with van der Waals surface area (Å²) in [5, 5.41) is 22.1. The van der Waals surface area contributed by atoms with Gasteiger partial charge in [0, 0.05) is 12.7 Å². The van der Waals surface area contributed by atoms with Crippen LogP contribution in [0, 0.1) is 11.5 Å². The van der Waals surface area contributed by atoms with Crippen LogP contribution in [0.1, 0.15) is 19.7 Å². The van der Waals surface area contributed by atoms with E-state index in [9.17, 15) is 5.26 Å². The number of nitriles is 1. The minimum absolute atomic E-state index is 0.186. The van der Waals surface area contributed by atoms with Crippen molar-refractivity contribution in [3.8, 4) is 29.3 Å². The summed E-state index contributed by atoms with van der Waals surface area (Å²) in [6.07, 6.45) is 3.72. The Bertz CT molecular complexity index is 1190. The Morgan fingerprint density at radius 3 is 2.76 bits per heavy atom. The minimum atomic E-state index is -0.726. The third kappa shape index (κ3) is 2.38. The largest absolute Gasteiger partial charge is 0.371 e. The van der Waals surface area contributed by atoms with Crippen molar-refractivity contribution in [2.75, 3.05) is 12.0 Å². The zero-order chi connectivity index (χ0) is 20.3. The molecule has 11 heteroatoms. The van der Waals surface area contributed by atoms with Gasteiger partial charge in [-0.1, -0.05) is 28.9 Å². The lowest BCUT2D eigenvalue weighted by atomic mass is 10.1. The van der Waals surface area contributed by atoms with Gasteiger partial charge in [0.2, 0.25) is 11.6 Å². The van der Waals surface area contributed by atoms with Crippen molar-refractivity contribution in [1.29, 1.82) is 5.26 Å². The second-order valence-electron chi connectivity index (χ2n) is 7.01. The van der Waals surface area contributed by atoms with Crippen molar-refractivity contribution in [2.24, 2.45) is 0 Å². The lowest BCUT2D eigenvalue weighted by molar-refractivity contribution is 0.00973. The number of hydrogen-bond donors (Lipinski definition) is 0. The van der Waals surface area contributed by atoms with E-state index in [1.54, 1.807) is 17.9 Å². The highest BCUT2D eigenvalue weighted by atomic mass is 35.5. The molecule has 0 radical (unpaired) electrons. The predicted octanol–water partition coefficient (Wildman–Crippen LogP) is 2.77. The third-order valence-electron chi connectivity index (χ3n) is 5.02. The number of alkyl halides is 1. The van der Waals surface area contributed by atoms with E-state index in [0.717, 1.165) is 11.3 Å². The van der Waals surface area contributed by atoms with Gasteiger partial charge in [-0.2, -0.15) is 10.2 Å². The van der Waals surface area contributed by atoms with Crippen LogP contribution in [0.25, 0.3) is 28.9 Å². The summed E-state index contributed by atoms with van der Waals surface area (Å²) in [6, 6.07) is 7.64. The second kappa shape index (κ2) is 6.04. The van der Waals surface area contributed by atoms with Crippen LogP contribution in [-0.4, -0.2) is 42.5 Å². The Hall–Kier alpha value is -3.42. The molecule has 0 N–H and O–H groups in total. The van der Waals surface area contributed by atoms with Gasteiger partial charge in [-0.3, -0.25) is 9.47 Å². The molecule has 0 amide bonds. The zero-order valence-corrected chi connectivity index (χ0v) is 16.5. The van der Waals surface area contributed by atoms with Crippen molar-refractivity contribution in [3.63, 3.8) is 0 Å². The highest BCUT2D eigenvalue weighted by molar-refractivity contribution is 6.23. The number of para-hydroxylation sites is 1. The summed E-state index contributed by atoms with van der Waals surface area (Å²) in [4.78, 5) is 7.63. The molecular weight excluding hydrogens is 396 g/mol. The van der Waals surface area contributed by atoms with E-state index in [1.807, 2.05) is 43.0 Å². The number of aromatic nitrogens is 5. The summed E-state index contributed by atoms with van der Waals surface area (Å²) < 4.78 is 12.6. The number of methoxy groups -OCH3 is 1. The normalized spacial score (nSPS) is 17.5. The van der Waals surface area contributed by atoms with Gasteiger partial charge in [0.25, 0.3) is 5.89 Å². The van der Waals surface area contributed by atoms with Crippen molar-refractivity contribution in [1.82, 2.24) is 29.8 Å². The lowest BCUT2D eigenvalue weighted by Crippen LogP contribution is -2.36. The number of fused-ring (bicyclic) bond motifs is 6. The molecule has 146 valence electrons. The van der Waals surface area contributed by atoms with Crippen molar-refractivity contribution < 1.29 is 9.26 Å². The molecule has 2 aliphatic rings. The summed E-state index contributed by atoms with van der Waals surface area (Å²) in [5.74, 6) is 2.12. The molecule has 2 aromatic heterocycles. The molecule has 1 atom stereocenters. The summed E-state index contributed by atoms with van der Waals surface area (Å²) in [6.45, 7) is 3.67. The van der Waals surface area contributed by atoms with E-state index in [4.69, 9.17) is 20.9 Å². The molecule has 0 saturated carbocycles. The first-order valence-electron chi connectivity index (χ1n) is 8.74. The Morgan fingerprint density at radius 2 is 2.00 bits per heavy atom. The van der Waals surface area contributed by atoms with Gasteiger partial charge in [-0.25, -0.2) is 4.90 Å². The number of hydrogen-bond acceptors (Lipinski definition) is 9. The molecule has 10 nitrogen and oxygen atoms in total. The maximum Gasteiger partial charge on any atom is 0.296 e. The Labute approximate surface area is 170 Å². The molecule has 1 aromatic carbocycles. The van der Waals surface area contributed by atoms with Gasteiger partial charge < -0.3 is 9.26 Å². The highest BCUT2D eigenvalue weighted by Gasteiger charge is 2.41. The van der Waals surface area contributed by atoms with Crippen LogP contribution in [0.2, 0.25) is 0 Å². The molecule has 3 aromatic rings. The van der Waals surface area contributed by atoms with Crippen LogP contribution in [0.3, 0.4) is 0 Å². The van der Waals surface area contributed by atoms with Gasteiger partial charge in [0.05, 0.1) is 11.9 Å². The van der Waals surface area contributed by atoms with Crippen LogP contribution in [0.5, 0.6) is 0 Å². The quantitative estimate of drug-likeness (QED) is 0.365. The Morgan fingerprint density at radius 1 is 1.24 bits per heavy atom. The maximum absolute atomic E-state index is 9.46. The van der Waals surface area contributed by atoms with E-state index < -0.39 is 11.2 Å². The molecule has 0 spiro atoms. The molecule has 2 aliphatic heterocycles. The molecular formula is C18H15ClN8O2. The van der Waals surface area contributed by atoms with Crippen molar-refractivity contribution in [2.45, 2.75) is 25.1 Å². The average Bonchev–Trinajstić information content (AvgIpc) is 3.44. The van der Waals surface area contributed by atoms with Gasteiger partial charge in [0.15, 0.2) is 17.6 Å². The maximum atomic E-state index is 9.46. The molecule has 0 aliphatic carbocycles. The predicted molar refractivity (Wildman–Crippen MR) is 103 cm³/mol. The fourth-order valence-electron chi connectivity index (χ4n) is 3.30. The van der Waals surface area contributed by atoms with Crippen molar-refractivity contribution >= 4 is 23.1 Å². The van der Waals surface area contributed by atoms with E-state index in [2.05, 4.69) is 26.5 Å². The van der Waals surface area contributed by atoms with Crippen LogP contribution in [0.4, 0.5) is 5.69 Å². The van der Waals surface area contributed by atoms with Crippen molar-refractivity contribution in [3.05, 3.63) is 36.3 Å². The van der Waals surface area contributed by atoms with Crippen LogP contribution >= 0.6 is 11.6 Å². The standard InChI is InChI=1S/C18H15ClN8O2/c1-18(2,28-3)16-21-15(29-24-16)14-23-22-13-10-6-4-5-7-11(10)26-12(27(13)14)8-25(9-20)17(26)19/h4-8,17H,1-3H3. The number of halogens is 1. The van der Waals surface area contributed by atoms with E-state index in [1.165, 1.54) is 4.90 Å². The molecule has 0 fully saturated rings. The SMILES string of the molecule is COC(C)(C)c1noc(-c2nnc3n2C2=CN(C#N)C(Cl)N2c2ccccc2-3)n1. The Balaban J connectivity index is 1.72. The number of ether oxygens (including phenoxy) is 1. The number of nitrogens with zero attached hydrogens (tertiary/aromatic N) is 8. The van der Waals surface area contributed by atoms with Gasteiger partial charge in [-0.15, -0.1) is 10.2 Å². The molecule has 0 bridgehead atoms. The van der Waals surface area contributed by atoms with Gasteiger partial charge >= 0.3 is 0 Å². The Kier molecular flexibility index (Phi) is 3.68. The molecule has 4 heterocycles. The zero-order valence-electron chi connectivity index (χ0n) is 15.7. The van der Waals surface area contributed by atoms with Gasteiger partial charge in [-0.05, 0) is 26.0 Å². The molecule has 1 unspecified atom stereocenters. The fraction of sp³-hybridized carbons (Fsp3) is 0.278. The molecule has 29 heavy (non-hydrogen) atoms. The van der Waals surface area contributed by atoms with E-state index >= 15 is 0 Å². The smallest absolute Gasteiger partial charge is 0.296 e. The molecule has 5 rings (SSSR count). The summed E-state index contributed by atoms with van der Waals surface area (Å²) >= 11 is 6.55. The topological polar surface area (TPSA) is 109 Å². The minimum Gasteiger partial charge on any atom is -0.371 e. The van der Waals surface area contributed by atoms with Crippen LogP contribution < -0.4 is 4.90 Å². The number of anilines is 1. The van der Waals surface area contributed by atoms with E-state index in [-0.39, 0.29) is 5.89 Å². The summed E-state index contributed by atoms with van der Waals surface area (Å²) in [5.41, 5.74) is 0.210. The molecule has 0 saturated heterocycles. The number of rotatable bonds is 3. The van der Waals surface area contributed by atoms with Gasteiger partial charge in [0.1, 0.15) is 11.4 Å². The van der Waals surface area contributed by atoms with Crippen LogP contribution in [-0.2, 0) is 10.3 Å². The first-order chi connectivity index (χ1) is 14.0. The monoisotopic (exact) mass is 410 g/mol. The first kappa shape index (κ1) is 17.7. The fourth-order valence-corrected chi connectivity index (χ4v) is 3.60. The third-order valence-corrected chi connectivity index (χ3v) is 5.43. The lowest BCUT2D eigenvalue weighted by Gasteiger charge is -2.32. The first-order valence-corrected chi connectivity index (χ1v) is 9.18. The summed E-state index contributed by atoms with van der Waals surface area (Å²) in [7, 11) is 1.57. The average molecular weight is 411 g/mol. The second-order valence-corrected chi connectivity index (χ2v) is 7.40. The number of benzene rings is 1. The highest BCUT2D eigenvalue weighted by Crippen LogP contribution is 2.46.